The molecule has 1 unspecified atom stereocenters. The van der Waals surface area contributed by atoms with Gasteiger partial charge >= 0.3 is 0 Å². The number of carbonyl (C=O) groups excluding carboxylic acids is 2. The molecule has 0 aromatic heterocycles. The van der Waals surface area contributed by atoms with Crippen LogP contribution in [0.1, 0.15) is 42.9 Å². The number of hydrogen-bond acceptors (Lipinski definition) is 4. The molecule has 1 atom stereocenters. The van der Waals surface area contributed by atoms with Crippen molar-refractivity contribution in [2.75, 3.05) is 20.7 Å². The molecule has 0 spiro atoms. The third-order valence-electron chi connectivity index (χ3n) is 6.03. The molecule has 2 aromatic carbocycles. The Morgan fingerprint density at radius 1 is 1.19 bits per heavy atom. The minimum Gasteiger partial charge on any atom is -0.497 e. The van der Waals surface area contributed by atoms with E-state index in [2.05, 4.69) is 5.10 Å². The number of halogens is 1. The second-order valence-electron chi connectivity index (χ2n) is 8.11. The fraction of sp³-hybridized carbons (Fsp3) is 0.375. The van der Waals surface area contributed by atoms with Crippen LogP contribution in [0.5, 0.6) is 5.75 Å². The lowest BCUT2D eigenvalue weighted by atomic mass is 9.84. The Morgan fingerprint density at radius 2 is 1.94 bits per heavy atom. The molecule has 0 radical (unpaired) electrons. The summed E-state index contributed by atoms with van der Waals surface area (Å²) < 4.78 is 18.8. The Labute approximate surface area is 181 Å². The summed E-state index contributed by atoms with van der Waals surface area (Å²) in [5, 5.41) is 6.06. The van der Waals surface area contributed by atoms with Gasteiger partial charge in [-0.3, -0.25) is 9.59 Å². The van der Waals surface area contributed by atoms with Crippen molar-refractivity contribution in [1.29, 1.82) is 0 Å². The minimum absolute atomic E-state index is 0.00845. The van der Waals surface area contributed by atoms with Gasteiger partial charge in [0.15, 0.2) is 0 Å². The SMILES string of the molecule is COc1cccc(C2=NN(C(=O)CN(C)C(=O)C3CCC3)C(c3ccc(F)cc3)C2)c1. The highest BCUT2D eigenvalue weighted by molar-refractivity contribution is 6.03. The molecule has 6 nitrogen and oxygen atoms in total. The molecule has 1 aliphatic heterocycles. The summed E-state index contributed by atoms with van der Waals surface area (Å²) in [6.07, 6.45) is 3.32. The van der Waals surface area contributed by atoms with Crippen LogP contribution < -0.4 is 4.74 Å². The normalized spacial score (nSPS) is 18.4. The highest BCUT2D eigenvalue weighted by atomic mass is 19.1. The van der Waals surface area contributed by atoms with Gasteiger partial charge in [-0.25, -0.2) is 9.40 Å². The highest BCUT2D eigenvalue weighted by Crippen LogP contribution is 2.34. The van der Waals surface area contributed by atoms with Crippen LogP contribution in [0.15, 0.2) is 53.6 Å². The zero-order valence-corrected chi connectivity index (χ0v) is 17.8. The molecule has 7 heteroatoms. The van der Waals surface area contributed by atoms with Crippen LogP contribution in [-0.4, -0.2) is 48.1 Å². The van der Waals surface area contributed by atoms with E-state index in [1.165, 1.54) is 22.0 Å². The number of rotatable bonds is 6. The molecule has 0 saturated heterocycles. The lowest BCUT2D eigenvalue weighted by molar-refractivity contribution is -0.144. The molecule has 1 saturated carbocycles. The standard InChI is InChI=1S/C24H26FN3O3/c1-27(24(30)17-5-3-6-17)15-23(29)28-22(16-9-11-19(25)12-10-16)14-21(26-28)18-7-4-8-20(13-18)31-2/h4,7-13,17,22H,3,5-6,14-15H2,1-2H3. The summed E-state index contributed by atoms with van der Waals surface area (Å²) in [5.74, 6) is 0.144. The lowest BCUT2D eigenvalue weighted by Gasteiger charge is -2.30. The van der Waals surface area contributed by atoms with Crippen molar-refractivity contribution < 1.29 is 18.7 Å². The summed E-state index contributed by atoms with van der Waals surface area (Å²) >= 11 is 0. The van der Waals surface area contributed by atoms with Gasteiger partial charge in [0.2, 0.25) is 5.91 Å². The first-order valence-corrected chi connectivity index (χ1v) is 10.5. The Balaban J connectivity index is 1.59. The van der Waals surface area contributed by atoms with E-state index >= 15 is 0 Å². The zero-order valence-electron chi connectivity index (χ0n) is 17.8. The van der Waals surface area contributed by atoms with E-state index in [9.17, 15) is 14.0 Å². The van der Waals surface area contributed by atoms with E-state index < -0.39 is 0 Å². The fourth-order valence-electron chi connectivity index (χ4n) is 3.98. The van der Waals surface area contributed by atoms with Crippen LogP contribution in [0.2, 0.25) is 0 Å². The maximum absolute atomic E-state index is 13.5. The molecule has 2 amide bonds. The number of hydrazone groups is 1. The van der Waals surface area contributed by atoms with Crippen LogP contribution in [0.4, 0.5) is 4.39 Å². The number of hydrogen-bond donors (Lipinski definition) is 0. The van der Waals surface area contributed by atoms with E-state index in [1.54, 1.807) is 26.3 Å². The summed E-state index contributed by atoms with van der Waals surface area (Å²) in [6.45, 7) is -0.0398. The minimum atomic E-state index is -0.360. The van der Waals surface area contributed by atoms with Gasteiger partial charge in [0.05, 0.1) is 18.9 Å². The van der Waals surface area contributed by atoms with Gasteiger partial charge in [0.1, 0.15) is 18.1 Å². The van der Waals surface area contributed by atoms with Gasteiger partial charge in [-0.15, -0.1) is 0 Å². The number of methoxy groups -OCH3 is 1. The monoisotopic (exact) mass is 423 g/mol. The Kier molecular flexibility index (Phi) is 6.02. The summed E-state index contributed by atoms with van der Waals surface area (Å²) in [4.78, 5) is 27.1. The molecule has 0 bridgehead atoms. The van der Waals surface area contributed by atoms with Gasteiger partial charge in [-0.1, -0.05) is 30.7 Å². The van der Waals surface area contributed by atoms with E-state index in [0.717, 1.165) is 36.1 Å². The van der Waals surface area contributed by atoms with Crippen molar-refractivity contribution in [3.8, 4) is 5.75 Å². The summed E-state index contributed by atoms with van der Waals surface area (Å²) in [6, 6.07) is 13.3. The number of ether oxygens (including phenoxy) is 1. The van der Waals surface area contributed by atoms with Gasteiger partial charge in [-0.2, -0.15) is 5.10 Å². The van der Waals surface area contributed by atoms with Crippen LogP contribution in [0.25, 0.3) is 0 Å². The average molecular weight is 423 g/mol. The third kappa shape index (κ3) is 4.45. The van der Waals surface area contributed by atoms with Crippen LogP contribution in [-0.2, 0) is 9.59 Å². The summed E-state index contributed by atoms with van der Waals surface area (Å²) in [7, 11) is 3.26. The predicted octanol–water partition coefficient (Wildman–Crippen LogP) is 3.77. The van der Waals surface area contributed by atoms with Crippen LogP contribution in [0.3, 0.4) is 0 Å². The average Bonchev–Trinajstić information content (AvgIpc) is 3.18. The fourth-order valence-corrected chi connectivity index (χ4v) is 3.98. The number of nitrogens with zero attached hydrogens (tertiary/aromatic N) is 3. The first-order chi connectivity index (χ1) is 15.0. The molecule has 1 heterocycles. The van der Waals surface area contributed by atoms with Gasteiger partial charge in [-0.05, 0) is 42.7 Å². The van der Waals surface area contributed by atoms with E-state index in [0.29, 0.717) is 12.2 Å². The van der Waals surface area contributed by atoms with E-state index in [4.69, 9.17) is 4.74 Å². The van der Waals surface area contributed by atoms with E-state index in [1.807, 2.05) is 24.3 Å². The molecule has 1 fully saturated rings. The molecule has 1 aliphatic carbocycles. The van der Waals surface area contributed by atoms with Crippen molar-refractivity contribution >= 4 is 17.5 Å². The zero-order chi connectivity index (χ0) is 22.0. The smallest absolute Gasteiger partial charge is 0.262 e. The van der Waals surface area contributed by atoms with Crippen molar-refractivity contribution in [1.82, 2.24) is 9.91 Å². The number of benzene rings is 2. The molecule has 4 rings (SSSR count). The Hall–Kier alpha value is -3.22. The Morgan fingerprint density at radius 3 is 2.58 bits per heavy atom. The number of likely N-dealkylation sites (N-methyl/N-ethyl adjacent to an activating group) is 1. The number of amides is 2. The topological polar surface area (TPSA) is 62.2 Å². The molecule has 2 aliphatic rings. The second-order valence-corrected chi connectivity index (χ2v) is 8.11. The molecule has 2 aromatic rings. The first-order valence-electron chi connectivity index (χ1n) is 10.5. The van der Waals surface area contributed by atoms with Gasteiger partial charge < -0.3 is 9.64 Å². The molecule has 162 valence electrons. The van der Waals surface area contributed by atoms with Crippen molar-refractivity contribution in [3.05, 3.63) is 65.5 Å². The van der Waals surface area contributed by atoms with E-state index in [-0.39, 0.29) is 36.1 Å². The van der Waals surface area contributed by atoms with Crippen LogP contribution >= 0.6 is 0 Å². The number of carbonyl (C=O) groups is 2. The van der Waals surface area contributed by atoms with Crippen molar-refractivity contribution in [2.45, 2.75) is 31.7 Å². The maximum atomic E-state index is 13.5. The molecule has 31 heavy (non-hydrogen) atoms. The molecule has 0 N–H and O–H groups in total. The van der Waals surface area contributed by atoms with Crippen molar-refractivity contribution in [2.24, 2.45) is 11.0 Å². The lowest BCUT2D eigenvalue weighted by Crippen LogP contribution is -2.42. The van der Waals surface area contributed by atoms with Gasteiger partial charge in [0, 0.05) is 24.9 Å². The highest BCUT2D eigenvalue weighted by Gasteiger charge is 2.35. The molecular formula is C24H26FN3O3. The van der Waals surface area contributed by atoms with Crippen LogP contribution in [0, 0.1) is 11.7 Å². The Bertz CT molecular complexity index is 1000. The summed E-state index contributed by atoms with van der Waals surface area (Å²) in [5.41, 5.74) is 2.40. The second kappa shape index (κ2) is 8.88. The quantitative estimate of drug-likeness (QED) is 0.711. The third-order valence-corrected chi connectivity index (χ3v) is 6.03. The largest absolute Gasteiger partial charge is 0.497 e. The maximum Gasteiger partial charge on any atom is 0.262 e. The molecular weight excluding hydrogens is 397 g/mol. The van der Waals surface area contributed by atoms with Crippen molar-refractivity contribution in [3.63, 3.8) is 0 Å². The van der Waals surface area contributed by atoms with Gasteiger partial charge in [0.25, 0.3) is 5.91 Å². The first kappa shape index (κ1) is 21.0. The predicted molar refractivity (Wildman–Crippen MR) is 115 cm³/mol.